The summed E-state index contributed by atoms with van der Waals surface area (Å²) >= 11 is 0. The maximum absolute atomic E-state index is 12.3. The van der Waals surface area contributed by atoms with Gasteiger partial charge in [-0.05, 0) is 67.8 Å². The van der Waals surface area contributed by atoms with Crippen LogP contribution in [0.1, 0.15) is 50.7 Å². The first-order chi connectivity index (χ1) is 11.5. The number of carbonyl (C=O) groups is 1. The van der Waals surface area contributed by atoms with Crippen molar-refractivity contribution >= 4 is 18.0 Å². The molecule has 4 saturated carbocycles. The van der Waals surface area contributed by atoms with Crippen molar-refractivity contribution in [2.24, 2.45) is 28.3 Å². The fourth-order valence-corrected chi connectivity index (χ4v) is 5.56. The average Bonchev–Trinajstić information content (AvgIpc) is 2.94. The highest BCUT2D eigenvalue weighted by molar-refractivity contribution is 5.80. The summed E-state index contributed by atoms with van der Waals surface area (Å²) in [5.74, 6) is 2.28. The van der Waals surface area contributed by atoms with Gasteiger partial charge in [-0.15, -0.1) is 0 Å². The number of furan rings is 1. The molecule has 0 saturated heterocycles. The van der Waals surface area contributed by atoms with E-state index in [1.807, 2.05) is 0 Å². The third-order valence-electron chi connectivity index (χ3n) is 5.87. The van der Waals surface area contributed by atoms with Gasteiger partial charge in [-0.3, -0.25) is 14.9 Å². The third-order valence-corrected chi connectivity index (χ3v) is 5.87. The number of rotatable bonds is 5. The number of hydrazone groups is 1. The zero-order valence-corrected chi connectivity index (χ0v) is 13.4. The molecule has 4 aliphatic carbocycles. The summed E-state index contributed by atoms with van der Waals surface area (Å²) in [6.45, 7) is 0. The number of hydrogen-bond donors (Lipinski definition) is 1. The lowest BCUT2D eigenvalue weighted by molar-refractivity contribution is -0.402. The number of amides is 1. The molecule has 1 aromatic rings. The average molecular weight is 331 g/mol. The predicted molar refractivity (Wildman–Crippen MR) is 86.3 cm³/mol. The summed E-state index contributed by atoms with van der Waals surface area (Å²) in [5.41, 5.74) is 2.72. The van der Waals surface area contributed by atoms with E-state index in [1.54, 1.807) is 0 Å². The molecule has 7 heteroatoms. The summed E-state index contributed by atoms with van der Waals surface area (Å²) in [7, 11) is 0. The van der Waals surface area contributed by atoms with Crippen molar-refractivity contribution in [2.45, 2.75) is 44.9 Å². The van der Waals surface area contributed by atoms with Crippen molar-refractivity contribution in [1.29, 1.82) is 0 Å². The molecule has 1 N–H and O–H groups in total. The lowest BCUT2D eigenvalue weighted by Gasteiger charge is -2.56. The molecule has 5 rings (SSSR count). The van der Waals surface area contributed by atoms with Gasteiger partial charge in [0.2, 0.25) is 5.91 Å². The number of nitro groups is 1. The maximum atomic E-state index is 12.3. The quantitative estimate of drug-likeness (QED) is 0.509. The molecule has 7 nitrogen and oxygen atoms in total. The summed E-state index contributed by atoms with van der Waals surface area (Å²) in [6, 6.07) is 2.71. The Balaban J connectivity index is 1.33. The number of carbonyl (C=O) groups excluding carboxylic acids is 1. The molecule has 4 bridgehead atoms. The molecule has 1 aromatic heterocycles. The number of hydrogen-bond acceptors (Lipinski definition) is 5. The van der Waals surface area contributed by atoms with E-state index in [-0.39, 0.29) is 23.0 Å². The molecule has 0 aromatic carbocycles. The van der Waals surface area contributed by atoms with Crippen LogP contribution in [0.5, 0.6) is 0 Å². The highest BCUT2D eigenvalue weighted by Crippen LogP contribution is 2.61. The van der Waals surface area contributed by atoms with E-state index in [4.69, 9.17) is 4.42 Å². The molecule has 24 heavy (non-hydrogen) atoms. The van der Waals surface area contributed by atoms with Crippen molar-refractivity contribution in [2.75, 3.05) is 0 Å². The second-order valence-corrected chi connectivity index (χ2v) is 7.82. The van der Waals surface area contributed by atoms with Crippen LogP contribution in [0.4, 0.5) is 5.88 Å². The molecule has 0 atom stereocenters. The summed E-state index contributed by atoms with van der Waals surface area (Å²) in [4.78, 5) is 22.2. The summed E-state index contributed by atoms with van der Waals surface area (Å²) in [5, 5.41) is 14.4. The van der Waals surface area contributed by atoms with E-state index < -0.39 is 4.92 Å². The van der Waals surface area contributed by atoms with E-state index >= 15 is 0 Å². The minimum absolute atomic E-state index is 0.0748. The minimum Gasteiger partial charge on any atom is -0.400 e. The highest BCUT2D eigenvalue weighted by Gasteiger charge is 2.51. The summed E-state index contributed by atoms with van der Waals surface area (Å²) in [6.07, 6.45) is 9.45. The largest absolute Gasteiger partial charge is 0.433 e. The molecule has 0 aliphatic heterocycles. The van der Waals surface area contributed by atoms with Crippen LogP contribution in [0, 0.1) is 33.3 Å². The molecule has 1 amide bonds. The van der Waals surface area contributed by atoms with Crippen LogP contribution in [0.2, 0.25) is 0 Å². The van der Waals surface area contributed by atoms with Gasteiger partial charge < -0.3 is 4.42 Å². The Morgan fingerprint density at radius 3 is 2.46 bits per heavy atom. The highest BCUT2D eigenvalue weighted by atomic mass is 16.6. The van der Waals surface area contributed by atoms with Crippen LogP contribution in [0.25, 0.3) is 0 Å². The first-order valence-electron chi connectivity index (χ1n) is 8.57. The Morgan fingerprint density at radius 1 is 1.29 bits per heavy atom. The Labute approximate surface area is 139 Å². The van der Waals surface area contributed by atoms with E-state index in [0.29, 0.717) is 6.42 Å². The molecule has 0 spiro atoms. The molecule has 128 valence electrons. The maximum Gasteiger partial charge on any atom is 0.433 e. The second-order valence-electron chi connectivity index (χ2n) is 7.82. The van der Waals surface area contributed by atoms with Crippen molar-refractivity contribution in [3.63, 3.8) is 0 Å². The Bertz CT molecular complexity index is 658. The van der Waals surface area contributed by atoms with Crippen LogP contribution in [-0.4, -0.2) is 17.0 Å². The number of nitrogens with zero attached hydrogens (tertiary/aromatic N) is 2. The zero-order chi connectivity index (χ0) is 16.7. The fraction of sp³-hybridized carbons (Fsp3) is 0.647. The van der Waals surface area contributed by atoms with Gasteiger partial charge >= 0.3 is 5.88 Å². The second kappa shape index (κ2) is 5.72. The van der Waals surface area contributed by atoms with Crippen LogP contribution >= 0.6 is 0 Å². The van der Waals surface area contributed by atoms with Gasteiger partial charge in [0.25, 0.3) is 0 Å². The van der Waals surface area contributed by atoms with Gasteiger partial charge in [0.1, 0.15) is 4.92 Å². The van der Waals surface area contributed by atoms with E-state index in [0.717, 1.165) is 17.8 Å². The van der Waals surface area contributed by atoms with Crippen molar-refractivity contribution in [1.82, 2.24) is 5.43 Å². The van der Waals surface area contributed by atoms with Crippen LogP contribution in [-0.2, 0) is 4.79 Å². The van der Waals surface area contributed by atoms with Gasteiger partial charge in [0.05, 0.1) is 12.3 Å². The standard InChI is InChI=1S/C17H21N3O4/c21-15(19-18-10-14-1-2-16(24-14)20(22)23)9-17-6-11-3-12(7-17)5-13(4-11)8-17/h1-2,10-13H,3-9H2,(H,19,21)/b18-10-. The first kappa shape index (κ1) is 15.4. The predicted octanol–water partition coefficient (Wildman–Crippen LogP) is 3.24. The summed E-state index contributed by atoms with van der Waals surface area (Å²) < 4.78 is 4.96. The van der Waals surface area contributed by atoms with Gasteiger partial charge in [0.15, 0.2) is 5.76 Å². The molecule has 4 fully saturated rings. The monoisotopic (exact) mass is 331 g/mol. The molecular formula is C17H21N3O4. The SMILES string of the molecule is O=C(CC12CC3CC(CC(C3)C1)C2)N/N=C\c1ccc([N+](=O)[O-])o1. The lowest BCUT2D eigenvalue weighted by atomic mass is 9.49. The molecule has 0 unspecified atom stereocenters. The molecule has 4 aliphatic rings. The Kier molecular flexibility index (Phi) is 3.66. The van der Waals surface area contributed by atoms with Crippen molar-refractivity contribution < 1.29 is 14.1 Å². The third kappa shape index (κ3) is 2.95. The van der Waals surface area contributed by atoms with Crippen LogP contribution in [0.3, 0.4) is 0 Å². The van der Waals surface area contributed by atoms with E-state index in [1.165, 1.54) is 56.9 Å². The smallest absolute Gasteiger partial charge is 0.400 e. The Morgan fingerprint density at radius 2 is 1.92 bits per heavy atom. The first-order valence-corrected chi connectivity index (χ1v) is 8.57. The van der Waals surface area contributed by atoms with Crippen molar-refractivity contribution in [3.05, 3.63) is 28.0 Å². The fourth-order valence-electron chi connectivity index (χ4n) is 5.56. The topological polar surface area (TPSA) is 97.7 Å². The van der Waals surface area contributed by atoms with Gasteiger partial charge in [-0.25, -0.2) is 5.43 Å². The van der Waals surface area contributed by atoms with Gasteiger partial charge in [-0.2, -0.15) is 5.10 Å². The minimum atomic E-state index is -0.608. The number of nitrogens with one attached hydrogen (secondary N) is 1. The van der Waals surface area contributed by atoms with E-state index in [9.17, 15) is 14.9 Å². The normalized spacial score (nSPS) is 33.9. The van der Waals surface area contributed by atoms with Crippen molar-refractivity contribution in [3.8, 4) is 0 Å². The van der Waals surface area contributed by atoms with Crippen LogP contribution in [0.15, 0.2) is 21.7 Å². The van der Waals surface area contributed by atoms with Gasteiger partial charge in [-0.1, -0.05) is 0 Å². The molecule has 1 heterocycles. The zero-order valence-electron chi connectivity index (χ0n) is 13.4. The van der Waals surface area contributed by atoms with E-state index in [2.05, 4.69) is 10.5 Å². The molecule has 0 radical (unpaired) electrons. The Hall–Kier alpha value is -2.18. The molecular weight excluding hydrogens is 310 g/mol. The lowest BCUT2D eigenvalue weighted by Crippen LogP contribution is -2.47. The van der Waals surface area contributed by atoms with Gasteiger partial charge in [0, 0.05) is 6.42 Å². The van der Waals surface area contributed by atoms with Crippen LogP contribution < -0.4 is 5.43 Å².